The number of benzene rings is 4. The van der Waals surface area contributed by atoms with E-state index in [0.717, 1.165) is 0 Å². The average Bonchev–Trinajstić information content (AvgIpc) is 3.09. The van der Waals surface area contributed by atoms with Gasteiger partial charge in [0.25, 0.3) is 0 Å². The first-order valence-electron chi connectivity index (χ1n) is 8.76. The molecule has 0 fully saturated rings. The molecule has 0 saturated carbocycles. The molecule has 0 atom stereocenters. The van der Waals surface area contributed by atoms with Crippen molar-refractivity contribution in [1.82, 2.24) is 4.98 Å². The summed E-state index contributed by atoms with van der Waals surface area (Å²) in [5.74, 6) is 0. The van der Waals surface area contributed by atoms with Crippen molar-refractivity contribution in [1.29, 1.82) is 0 Å². The summed E-state index contributed by atoms with van der Waals surface area (Å²) in [5, 5.41) is 2.57. The van der Waals surface area contributed by atoms with Crippen LogP contribution in [0.2, 0.25) is 0 Å². The summed E-state index contributed by atoms with van der Waals surface area (Å²) in [6.07, 6.45) is 0. The van der Waals surface area contributed by atoms with Crippen molar-refractivity contribution in [2.75, 3.05) is 0 Å². The molecule has 5 aromatic rings. The van der Waals surface area contributed by atoms with Crippen LogP contribution >= 0.6 is 45.2 Å². The van der Waals surface area contributed by atoms with E-state index in [4.69, 9.17) is 0 Å². The lowest BCUT2D eigenvalue weighted by atomic mass is 10.0. The molecule has 5 rings (SSSR count). The minimum absolute atomic E-state index is 1.22. The first-order valence-corrected chi connectivity index (χ1v) is 10.9. The minimum Gasteiger partial charge on any atom is -0.353 e. The van der Waals surface area contributed by atoms with E-state index >= 15 is 0 Å². The van der Waals surface area contributed by atoms with Crippen LogP contribution in [-0.4, -0.2) is 4.98 Å². The summed E-state index contributed by atoms with van der Waals surface area (Å²) in [6.45, 7) is 0. The van der Waals surface area contributed by atoms with Crippen molar-refractivity contribution < 1.29 is 0 Å². The first kappa shape index (κ1) is 17.3. The standard InChI is InChI=1S/C24H15I2N/c25-21-13-17(15-7-3-1-4-8-15)11-19-20-12-18(16-9-5-2-6-10-16)14-22(26)24(20)27-23(19)21/h1-14,27H. The molecule has 0 spiro atoms. The van der Waals surface area contributed by atoms with Crippen LogP contribution in [0.1, 0.15) is 0 Å². The molecule has 1 aromatic heterocycles. The summed E-state index contributed by atoms with van der Waals surface area (Å²) in [4.78, 5) is 3.66. The Bertz CT molecular complexity index is 1170. The van der Waals surface area contributed by atoms with Gasteiger partial charge in [-0.25, -0.2) is 0 Å². The Kier molecular flexibility index (Phi) is 4.44. The molecule has 0 amide bonds. The zero-order valence-corrected chi connectivity index (χ0v) is 18.7. The highest BCUT2D eigenvalue weighted by Crippen LogP contribution is 2.37. The van der Waals surface area contributed by atoms with Crippen LogP contribution in [0.15, 0.2) is 84.9 Å². The Hall–Kier alpha value is -1.86. The molecule has 1 N–H and O–H groups in total. The molecule has 27 heavy (non-hydrogen) atoms. The molecule has 0 bridgehead atoms. The predicted molar refractivity (Wildman–Crippen MR) is 132 cm³/mol. The lowest BCUT2D eigenvalue weighted by Crippen LogP contribution is -1.82. The average molecular weight is 571 g/mol. The number of nitrogens with one attached hydrogen (secondary N) is 1. The molecule has 3 heteroatoms. The van der Waals surface area contributed by atoms with Crippen LogP contribution < -0.4 is 0 Å². The second kappa shape index (κ2) is 6.95. The van der Waals surface area contributed by atoms with Gasteiger partial charge in [-0.15, -0.1) is 0 Å². The van der Waals surface area contributed by atoms with Gasteiger partial charge in [-0.3, -0.25) is 0 Å². The van der Waals surface area contributed by atoms with Crippen molar-refractivity contribution >= 4 is 67.0 Å². The normalized spacial score (nSPS) is 11.3. The molecule has 0 aliphatic rings. The molecule has 1 heterocycles. The summed E-state index contributed by atoms with van der Waals surface area (Å²) >= 11 is 4.89. The highest BCUT2D eigenvalue weighted by Gasteiger charge is 2.13. The van der Waals surface area contributed by atoms with Gasteiger partial charge in [-0.05, 0) is 91.7 Å². The summed E-state index contributed by atoms with van der Waals surface area (Å²) in [7, 11) is 0. The number of halogens is 2. The Morgan fingerprint density at radius 1 is 0.481 bits per heavy atom. The minimum atomic E-state index is 1.22. The molecule has 0 unspecified atom stereocenters. The second-order valence-electron chi connectivity index (χ2n) is 6.62. The SMILES string of the molecule is Ic1cc(-c2ccccc2)cc2c1[nH]c1c(I)cc(-c3ccccc3)cc12. The number of hydrogen-bond acceptors (Lipinski definition) is 0. The Labute approximate surface area is 185 Å². The lowest BCUT2D eigenvalue weighted by Gasteiger charge is -2.05. The molecule has 0 radical (unpaired) electrons. The van der Waals surface area contributed by atoms with Crippen LogP contribution in [0.5, 0.6) is 0 Å². The van der Waals surface area contributed by atoms with Crippen LogP contribution in [0, 0.1) is 7.14 Å². The van der Waals surface area contributed by atoms with Crippen LogP contribution in [-0.2, 0) is 0 Å². The van der Waals surface area contributed by atoms with Gasteiger partial charge in [0, 0.05) is 17.9 Å². The third-order valence-corrected chi connectivity index (χ3v) is 6.64. The van der Waals surface area contributed by atoms with E-state index in [1.54, 1.807) is 0 Å². The Balaban J connectivity index is 1.82. The maximum absolute atomic E-state index is 3.66. The van der Waals surface area contributed by atoms with Gasteiger partial charge in [0.05, 0.1) is 11.0 Å². The van der Waals surface area contributed by atoms with Crippen molar-refractivity contribution in [2.45, 2.75) is 0 Å². The zero-order valence-electron chi connectivity index (χ0n) is 14.3. The number of fused-ring (bicyclic) bond motifs is 3. The number of rotatable bonds is 2. The van der Waals surface area contributed by atoms with E-state index in [0.29, 0.717) is 0 Å². The van der Waals surface area contributed by atoms with Gasteiger partial charge < -0.3 is 4.98 Å². The smallest absolute Gasteiger partial charge is 0.0601 e. The number of hydrogen-bond donors (Lipinski definition) is 1. The van der Waals surface area contributed by atoms with E-state index in [9.17, 15) is 0 Å². The zero-order chi connectivity index (χ0) is 18.4. The van der Waals surface area contributed by atoms with Crippen molar-refractivity contribution in [3.8, 4) is 22.3 Å². The third kappa shape index (κ3) is 3.06. The quantitative estimate of drug-likeness (QED) is 0.208. The van der Waals surface area contributed by atoms with E-state index in [2.05, 4.69) is 135 Å². The highest BCUT2D eigenvalue weighted by molar-refractivity contribution is 14.1. The highest BCUT2D eigenvalue weighted by atomic mass is 127. The summed E-state index contributed by atoms with van der Waals surface area (Å²) < 4.78 is 2.49. The Morgan fingerprint density at radius 2 is 0.889 bits per heavy atom. The van der Waals surface area contributed by atoms with E-state index in [-0.39, 0.29) is 0 Å². The van der Waals surface area contributed by atoms with Crippen molar-refractivity contribution in [3.05, 3.63) is 92.1 Å². The van der Waals surface area contributed by atoms with Gasteiger partial charge in [0.2, 0.25) is 0 Å². The number of aromatic nitrogens is 1. The van der Waals surface area contributed by atoms with Gasteiger partial charge in [0.15, 0.2) is 0 Å². The molecular weight excluding hydrogens is 556 g/mol. The monoisotopic (exact) mass is 571 g/mol. The van der Waals surface area contributed by atoms with E-state index in [1.807, 2.05) is 0 Å². The molecular formula is C24H15I2N. The molecule has 0 aliphatic heterocycles. The summed E-state index contributed by atoms with van der Waals surface area (Å²) in [6, 6.07) is 30.4. The van der Waals surface area contributed by atoms with E-state index < -0.39 is 0 Å². The largest absolute Gasteiger partial charge is 0.353 e. The van der Waals surface area contributed by atoms with Gasteiger partial charge >= 0.3 is 0 Å². The number of H-pyrrole nitrogens is 1. The lowest BCUT2D eigenvalue weighted by molar-refractivity contribution is 1.51. The maximum atomic E-state index is 3.66. The fourth-order valence-corrected chi connectivity index (χ4v) is 5.13. The maximum Gasteiger partial charge on any atom is 0.0601 e. The van der Waals surface area contributed by atoms with Crippen LogP contribution in [0.4, 0.5) is 0 Å². The molecule has 4 aromatic carbocycles. The van der Waals surface area contributed by atoms with Crippen LogP contribution in [0.3, 0.4) is 0 Å². The second-order valence-corrected chi connectivity index (χ2v) is 8.94. The predicted octanol–water partition coefficient (Wildman–Crippen LogP) is 7.86. The first-order chi connectivity index (χ1) is 13.2. The van der Waals surface area contributed by atoms with Crippen LogP contribution in [0.25, 0.3) is 44.1 Å². The fourth-order valence-electron chi connectivity index (χ4n) is 3.61. The van der Waals surface area contributed by atoms with Gasteiger partial charge in [-0.1, -0.05) is 60.7 Å². The molecule has 1 nitrogen and oxygen atoms in total. The summed E-state index contributed by atoms with van der Waals surface area (Å²) in [5.41, 5.74) is 7.45. The van der Waals surface area contributed by atoms with Crippen molar-refractivity contribution in [2.24, 2.45) is 0 Å². The molecule has 130 valence electrons. The fraction of sp³-hybridized carbons (Fsp3) is 0. The molecule has 0 saturated heterocycles. The topological polar surface area (TPSA) is 15.8 Å². The molecule has 0 aliphatic carbocycles. The van der Waals surface area contributed by atoms with Crippen molar-refractivity contribution in [3.63, 3.8) is 0 Å². The van der Waals surface area contributed by atoms with E-state index in [1.165, 1.54) is 51.2 Å². The van der Waals surface area contributed by atoms with Gasteiger partial charge in [-0.2, -0.15) is 0 Å². The van der Waals surface area contributed by atoms with Gasteiger partial charge in [0.1, 0.15) is 0 Å². The Morgan fingerprint density at radius 3 is 1.30 bits per heavy atom. The third-order valence-electron chi connectivity index (χ3n) is 4.93. The number of aromatic amines is 1.